The molecule has 0 fully saturated rings. The van der Waals surface area contributed by atoms with Crippen LogP contribution in [0.5, 0.6) is 5.75 Å². The Balaban J connectivity index is 1.81. The molecule has 6 nitrogen and oxygen atoms in total. The zero-order chi connectivity index (χ0) is 15.5. The fraction of sp³-hybridized carbons (Fsp3) is 0.188. The summed E-state index contributed by atoms with van der Waals surface area (Å²) in [4.78, 5) is 16.5. The zero-order valence-electron chi connectivity index (χ0n) is 12.4. The summed E-state index contributed by atoms with van der Waals surface area (Å²) in [5.41, 5.74) is 1.94. The van der Waals surface area contributed by atoms with Gasteiger partial charge in [0.25, 0.3) is 5.91 Å². The second-order valence-corrected chi connectivity index (χ2v) is 4.79. The lowest BCUT2D eigenvalue weighted by atomic mass is 10.2. The third-order valence-electron chi connectivity index (χ3n) is 3.10. The van der Waals surface area contributed by atoms with E-state index in [4.69, 9.17) is 4.74 Å². The highest BCUT2D eigenvalue weighted by atomic mass is 16.5. The number of rotatable bonds is 4. The number of benzene rings is 1. The number of ether oxygens (including phenoxy) is 1. The predicted octanol–water partition coefficient (Wildman–Crippen LogP) is 2.69. The first kappa shape index (κ1) is 14.1. The lowest BCUT2D eigenvalue weighted by molar-refractivity contribution is 0.102. The van der Waals surface area contributed by atoms with Crippen molar-refractivity contribution in [2.24, 2.45) is 0 Å². The van der Waals surface area contributed by atoms with Gasteiger partial charge in [-0.25, -0.2) is 9.50 Å². The molecule has 0 aliphatic heterocycles. The van der Waals surface area contributed by atoms with Gasteiger partial charge in [-0.05, 0) is 44.2 Å². The van der Waals surface area contributed by atoms with E-state index < -0.39 is 0 Å². The van der Waals surface area contributed by atoms with Crippen molar-refractivity contribution < 1.29 is 9.53 Å². The number of pyridine rings is 1. The summed E-state index contributed by atoms with van der Waals surface area (Å²) in [6.07, 6.45) is 1.74. The maximum atomic E-state index is 12.3. The number of anilines is 1. The van der Waals surface area contributed by atoms with Crippen molar-refractivity contribution in [2.45, 2.75) is 13.8 Å². The van der Waals surface area contributed by atoms with Crippen molar-refractivity contribution in [1.82, 2.24) is 14.6 Å². The maximum Gasteiger partial charge on any atom is 0.255 e. The van der Waals surface area contributed by atoms with Gasteiger partial charge < -0.3 is 10.1 Å². The molecule has 22 heavy (non-hydrogen) atoms. The van der Waals surface area contributed by atoms with E-state index in [1.54, 1.807) is 35.0 Å². The van der Waals surface area contributed by atoms with Gasteiger partial charge in [-0.2, -0.15) is 5.10 Å². The smallest absolute Gasteiger partial charge is 0.255 e. The first-order valence-electron chi connectivity index (χ1n) is 7.03. The van der Waals surface area contributed by atoms with Crippen LogP contribution in [0, 0.1) is 6.92 Å². The Morgan fingerprint density at radius 2 is 2.18 bits per heavy atom. The average molecular weight is 296 g/mol. The van der Waals surface area contributed by atoms with Gasteiger partial charge in [0.15, 0.2) is 5.65 Å². The minimum atomic E-state index is -0.197. The monoisotopic (exact) mass is 296 g/mol. The number of aryl methyl sites for hydroxylation is 1. The highest BCUT2D eigenvalue weighted by molar-refractivity contribution is 6.04. The molecule has 3 rings (SSSR count). The van der Waals surface area contributed by atoms with Crippen molar-refractivity contribution in [3.05, 3.63) is 54.0 Å². The van der Waals surface area contributed by atoms with Gasteiger partial charge in [0.2, 0.25) is 0 Å². The summed E-state index contributed by atoms with van der Waals surface area (Å²) in [7, 11) is 0. The van der Waals surface area contributed by atoms with Crippen LogP contribution in [-0.4, -0.2) is 27.1 Å². The molecule has 1 N–H and O–H groups in total. The highest BCUT2D eigenvalue weighted by Gasteiger charge is 2.08. The Hall–Kier alpha value is -2.89. The Kier molecular flexibility index (Phi) is 3.74. The Morgan fingerprint density at radius 3 is 3.00 bits per heavy atom. The van der Waals surface area contributed by atoms with E-state index in [1.165, 1.54) is 0 Å². The molecule has 1 amide bonds. The van der Waals surface area contributed by atoms with Crippen LogP contribution in [0.1, 0.15) is 23.1 Å². The molecule has 0 saturated carbocycles. The number of fused-ring (bicyclic) bond motifs is 1. The molecule has 2 heterocycles. The minimum absolute atomic E-state index is 0.197. The van der Waals surface area contributed by atoms with Crippen molar-refractivity contribution in [3.63, 3.8) is 0 Å². The first-order valence-corrected chi connectivity index (χ1v) is 7.03. The Bertz CT molecular complexity index is 826. The normalized spacial score (nSPS) is 10.6. The molecule has 6 heteroatoms. The van der Waals surface area contributed by atoms with Crippen LogP contribution in [-0.2, 0) is 0 Å². The van der Waals surface area contributed by atoms with Gasteiger partial charge in [0.1, 0.15) is 11.6 Å². The fourth-order valence-corrected chi connectivity index (χ4v) is 2.17. The largest absolute Gasteiger partial charge is 0.494 e. The molecule has 0 radical (unpaired) electrons. The number of nitrogens with zero attached hydrogens (tertiary/aromatic N) is 3. The lowest BCUT2D eigenvalue weighted by Gasteiger charge is -2.07. The molecule has 0 aliphatic rings. The third-order valence-corrected chi connectivity index (χ3v) is 3.10. The molecule has 2 aromatic heterocycles. The molecule has 0 saturated heterocycles. The van der Waals surface area contributed by atoms with Crippen LogP contribution in [0.3, 0.4) is 0 Å². The van der Waals surface area contributed by atoms with Gasteiger partial charge in [-0.3, -0.25) is 4.79 Å². The van der Waals surface area contributed by atoms with Gasteiger partial charge in [-0.1, -0.05) is 6.07 Å². The van der Waals surface area contributed by atoms with Crippen molar-refractivity contribution in [2.75, 3.05) is 11.9 Å². The summed E-state index contributed by atoms with van der Waals surface area (Å²) >= 11 is 0. The molecular weight excluding hydrogens is 280 g/mol. The van der Waals surface area contributed by atoms with Crippen molar-refractivity contribution in [3.8, 4) is 5.75 Å². The predicted molar refractivity (Wildman–Crippen MR) is 83.3 cm³/mol. The molecule has 0 atom stereocenters. The summed E-state index contributed by atoms with van der Waals surface area (Å²) < 4.78 is 7.05. The van der Waals surface area contributed by atoms with Gasteiger partial charge in [0.05, 0.1) is 18.5 Å². The molecule has 1 aromatic carbocycles. The first-order chi connectivity index (χ1) is 10.7. The fourth-order valence-electron chi connectivity index (χ4n) is 2.17. The van der Waals surface area contributed by atoms with E-state index in [0.717, 1.165) is 5.65 Å². The molecular formula is C16H16N4O2. The van der Waals surface area contributed by atoms with Crippen LogP contribution >= 0.6 is 0 Å². The molecule has 112 valence electrons. The number of carbonyl (C=O) groups excluding carboxylic acids is 1. The highest BCUT2D eigenvalue weighted by Crippen LogP contribution is 2.16. The molecule has 0 bridgehead atoms. The number of hydrogen-bond acceptors (Lipinski definition) is 4. The van der Waals surface area contributed by atoms with Crippen molar-refractivity contribution in [1.29, 1.82) is 0 Å². The van der Waals surface area contributed by atoms with E-state index in [-0.39, 0.29) is 5.91 Å². The number of aromatic nitrogens is 3. The van der Waals surface area contributed by atoms with E-state index >= 15 is 0 Å². The summed E-state index contributed by atoms with van der Waals surface area (Å²) in [6.45, 7) is 4.29. The zero-order valence-corrected chi connectivity index (χ0v) is 12.4. The SMILES string of the molecule is CCOc1cccc(C(=O)Nc2ccc3nc(C)nn3c2)c1. The second-order valence-electron chi connectivity index (χ2n) is 4.79. The van der Waals surface area contributed by atoms with Gasteiger partial charge in [-0.15, -0.1) is 0 Å². The number of nitrogens with one attached hydrogen (secondary N) is 1. The number of hydrogen-bond donors (Lipinski definition) is 1. The topological polar surface area (TPSA) is 68.5 Å². The van der Waals surface area contributed by atoms with Crippen LogP contribution < -0.4 is 10.1 Å². The summed E-state index contributed by atoms with van der Waals surface area (Å²) in [5, 5.41) is 7.07. The van der Waals surface area contributed by atoms with Crippen LogP contribution in [0.25, 0.3) is 5.65 Å². The summed E-state index contributed by atoms with van der Waals surface area (Å²) in [6, 6.07) is 10.7. The average Bonchev–Trinajstić information content (AvgIpc) is 2.87. The van der Waals surface area contributed by atoms with E-state index in [1.807, 2.05) is 26.0 Å². The lowest BCUT2D eigenvalue weighted by Crippen LogP contribution is -2.12. The van der Waals surface area contributed by atoms with Crippen molar-refractivity contribution >= 4 is 17.2 Å². The molecule has 0 spiro atoms. The van der Waals surface area contributed by atoms with E-state index in [2.05, 4.69) is 15.4 Å². The van der Waals surface area contributed by atoms with Crippen LogP contribution in [0.15, 0.2) is 42.6 Å². The molecule has 0 aliphatic carbocycles. The summed E-state index contributed by atoms with van der Waals surface area (Å²) in [5.74, 6) is 1.17. The minimum Gasteiger partial charge on any atom is -0.494 e. The van der Waals surface area contributed by atoms with E-state index in [0.29, 0.717) is 29.4 Å². The Morgan fingerprint density at radius 1 is 1.32 bits per heavy atom. The maximum absolute atomic E-state index is 12.3. The second kappa shape index (κ2) is 5.85. The number of amides is 1. The molecule has 0 unspecified atom stereocenters. The Labute approximate surface area is 127 Å². The third kappa shape index (κ3) is 2.90. The quantitative estimate of drug-likeness (QED) is 0.803. The standard InChI is InChI=1S/C16H16N4O2/c1-3-22-14-6-4-5-12(9-14)16(21)18-13-7-8-15-17-11(2)19-20(15)10-13/h4-10H,3H2,1-2H3,(H,18,21). The number of carbonyl (C=O) groups is 1. The van der Waals surface area contributed by atoms with Crippen LogP contribution in [0.4, 0.5) is 5.69 Å². The van der Waals surface area contributed by atoms with Gasteiger partial charge in [0, 0.05) is 5.56 Å². The van der Waals surface area contributed by atoms with Crippen LogP contribution in [0.2, 0.25) is 0 Å². The van der Waals surface area contributed by atoms with Gasteiger partial charge >= 0.3 is 0 Å². The van der Waals surface area contributed by atoms with E-state index in [9.17, 15) is 4.79 Å². The molecule has 3 aromatic rings.